The normalized spacial score (nSPS) is 18.1. The molecule has 1 aliphatic heterocycles. The third-order valence-corrected chi connectivity index (χ3v) is 6.79. The second kappa shape index (κ2) is 10.0. The van der Waals surface area contributed by atoms with Crippen LogP contribution in [-0.2, 0) is 11.3 Å². The smallest absolute Gasteiger partial charge is 0.135 e. The molecule has 1 fully saturated rings. The van der Waals surface area contributed by atoms with Crippen LogP contribution >= 0.6 is 12.4 Å². The Morgan fingerprint density at radius 1 is 0.765 bits per heavy atom. The van der Waals surface area contributed by atoms with E-state index in [1.807, 2.05) is 12.1 Å². The zero-order valence-corrected chi connectivity index (χ0v) is 19.8. The topological polar surface area (TPSA) is 34.4 Å². The number of benzene rings is 4. The van der Waals surface area contributed by atoms with Crippen LogP contribution in [0.25, 0.3) is 33.1 Å². The lowest BCUT2D eigenvalue weighted by molar-refractivity contribution is 0.0109. The first-order chi connectivity index (χ1) is 16.4. The number of furan rings is 1. The Bertz CT molecular complexity index is 1380. The number of nitrogens with one attached hydrogen (secondary N) is 1. The number of hydrogen-bond acceptors (Lipinski definition) is 3. The highest BCUT2D eigenvalue weighted by Gasteiger charge is 2.29. The fourth-order valence-electron chi connectivity index (χ4n) is 5.10. The number of piperidine rings is 1. The van der Waals surface area contributed by atoms with Crippen LogP contribution in [0, 0.1) is 0 Å². The van der Waals surface area contributed by atoms with Crippen LogP contribution in [0.15, 0.2) is 101 Å². The maximum Gasteiger partial charge on any atom is 0.135 e. The van der Waals surface area contributed by atoms with Gasteiger partial charge in [0.1, 0.15) is 11.2 Å². The lowest BCUT2D eigenvalue weighted by atomic mass is 9.85. The first-order valence-electron chi connectivity index (χ1n) is 11.7. The molecule has 1 aromatic heterocycles. The van der Waals surface area contributed by atoms with Crippen molar-refractivity contribution in [2.45, 2.75) is 25.0 Å². The van der Waals surface area contributed by atoms with Gasteiger partial charge < -0.3 is 14.5 Å². The van der Waals surface area contributed by atoms with E-state index in [1.54, 1.807) is 0 Å². The van der Waals surface area contributed by atoms with Gasteiger partial charge in [-0.05, 0) is 47.4 Å². The quantitative estimate of drug-likeness (QED) is 0.292. The number of hydrogen-bond donors (Lipinski definition) is 1. The molecule has 3 nitrogen and oxygen atoms in total. The number of para-hydroxylation sites is 1. The van der Waals surface area contributed by atoms with E-state index in [1.165, 1.54) is 33.0 Å². The summed E-state index contributed by atoms with van der Waals surface area (Å²) in [6, 6.07) is 34.0. The van der Waals surface area contributed by atoms with Crippen molar-refractivity contribution in [2.75, 3.05) is 13.1 Å². The summed E-state index contributed by atoms with van der Waals surface area (Å²) in [5.41, 5.74) is 6.92. The summed E-state index contributed by atoms with van der Waals surface area (Å²) in [6.45, 7) is 2.47. The van der Waals surface area contributed by atoms with Crippen LogP contribution in [0.3, 0.4) is 0 Å². The Balaban J connectivity index is 0.00000241. The lowest BCUT2D eigenvalue weighted by Crippen LogP contribution is -2.41. The van der Waals surface area contributed by atoms with Gasteiger partial charge in [0.25, 0.3) is 0 Å². The van der Waals surface area contributed by atoms with E-state index in [0.29, 0.717) is 12.5 Å². The van der Waals surface area contributed by atoms with Gasteiger partial charge >= 0.3 is 0 Å². The Morgan fingerprint density at radius 3 is 2.35 bits per heavy atom. The molecule has 2 heterocycles. The molecule has 6 rings (SSSR count). The van der Waals surface area contributed by atoms with Crippen molar-refractivity contribution in [1.82, 2.24) is 5.32 Å². The predicted octanol–water partition coefficient (Wildman–Crippen LogP) is 7.34. The largest absolute Gasteiger partial charge is 0.456 e. The molecule has 1 saturated heterocycles. The number of halogens is 1. The molecule has 4 aromatic carbocycles. The minimum absolute atomic E-state index is 0. The summed E-state index contributed by atoms with van der Waals surface area (Å²) in [5.74, 6) is 0.333. The summed E-state index contributed by atoms with van der Waals surface area (Å²) >= 11 is 0. The van der Waals surface area contributed by atoms with Gasteiger partial charge in [-0.15, -0.1) is 12.4 Å². The summed E-state index contributed by atoms with van der Waals surface area (Å²) in [7, 11) is 0. The van der Waals surface area contributed by atoms with Crippen LogP contribution in [0.1, 0.15) is 23.5 Å². The average molecular weight is 470 g/mol. The molecule has 4 heteroatoms. The van der Waals surface area contributed by atoms with Gasteiger partial charge in [0.15, 0.2) is 0 Å². The summed E-state index contributed by atoms with van der Waals surface area (Å²) in [5, 5.41) is 5.96. The number of ether oxygens (including phenoxy) is 1. The standard InChI is InChI=1S/C30H27NO2.ClH/c1-2-7-22(8-3-1)23-15-13-21(14-16-23)20-32-29-19-31-18-17-24(29)25-10-6-12-28-30(25)26-9-4-5-11-27(26)33-28;/h1-16,24,29,31H,17-20H2;1H/t24-,29+;/m1./s1. The van der Waals surface area contributed by atoms with Crippen LogP contribution in [0.4, 0.5) is 0 Å². The second-order valence-corrected chi connectivity index (χ2v) is 8.83. The van der Waals surface area contributed by atoms with Crippen molar-refractivity contribution < 1.29 is 9.15 Å². The van der Waals surface area contributed by atoms with E-state index in [9.17, 15) is 0 Å². The van der Waals surface area contributed by atoms with Crippen molar-refractivity contribution in [1.29, 1.82) is 0 Å². The highest BCUT2D eigenvalue weighted by Crippen LogP contribution is 2.38. The van der Waals surface area contributed by atoms with E-state index in [0.717, 1.165) is 30.7 Å². The molecule has 0 aliphatic carbocycles. The minimum atomic E-state index is 0. The SMILES string of the molecule is Cl.c1ccc(-c2ccc(CO[C@H]3CNCC[C@@H]3c3cccc4oc5ccccc5c34)cc2)cc1. The van der Waals surface area contributed by atoms with Crippen LogP contribution in [0.2, 0.25) is 0 Å². The highest BCUT2D eigenvalue weighted by atomic mass is 35.5. The molecule has 0 bridgehead atoms. The van der Waals surface area contributed by atoms with Crippen molar-refractivity contribution >= 4 is 34.3 Å². The van der Waals surface area contributed by atoms with Crippen molar-refractivity contribution in [3.8, 4) is 11.1 Å². The van der Waals surface area contributed by atoms with Gasteiger partial charge in [-0.25, -0.2) is 0 Å². The first-order valence-corrected chi connectivity index (χ1v) is 11.7. The van der Waals surface area contributed by atoms with E-state index >= 15 is 0 Å². The Hall–Kier alpha value is -3.11. The third-order valence-electron chi connectivity index (χ3n) is 6.79. The van der Waals surface area contributed by atoms with Crippen molar-refractivity contribution in [2.24, 2.45) is 0 Å². The monoisotopic (exact) mass is 469 g/mol. The van der Waals surface area contributed by atoms with Gasteiger partial charge in [0, 0.05) is 23.2 Å². The van der Waals surface area contributed by atoms with Gasteiger partial charge in [0.2, 0.25) is 0 Å². The molecular weight excluding hydrogens is 442 g/mol. The van der Waals surface area contributed by atoms with Crippen LogP contribution < -0.4 is 5.32 Å². The van der Waals surface area contributed by atoms with Crippen molar-refractivity contribution in [3.63, 3.8) is 0 Å². The zero-order chi connectivity index (χ0) is 22.0. The maximum absolute atomic E-state index is 6.53. The summed E-state index contributed by atoms with van der Waals surface area (Å²) < 4.78 is 12.7. The predicted molar refractivity (Wildman–Crippen MR) is 142 cm³/mol. The van der Waals surface area contributed by atoms with Gasteiger partial charge in [-0.1, -0.05) is 84.9 Å². The summed E-state index contributed by atoms with van der Waals surface area (Å²) in [4.78, 5) is 0. The molecule has 0 unspecified atom stereocenters. The number of rotatable bonds is 5. The van der Waals surface area contributed by atoms with E-state index < -0.39 is 0 Å². The van der Waals surface area contributed by atoms with E-state index in [4.69, 9.17) is 9.15 Å². The first kappa shape index (κ1) is 22.7. The molecule has 0 saturated carbocycles. The fourth-order valence-corrected chi connectivity index (χ4v) is 5.10. The maximum atomic E-state index is 6.53. The molecule has 172 valence electrons. The molecule has 1 aliphatic rings. The zero-order valence-electron chi connectivity index (χ0n) is 18.9. The molecule has 0 radical (unpaired) electrons. The van der Waals surface area contributed by atoms with Crippen LogP contribution in [-0.4, -0.2) is 19.2 Å². The van der Waals surface area contributed by atoms with Crippen LogP contribution in [0.5, 0.6) is 0 Å². The van der Waals surface area contributed by atoms with Crippen molar-refractivity contribution in [3.05, 3.63) is 108 Å². The molecule has 0 spiro atoms. The molecule has 1 N–H and O–H groups in total. The van der Waals surface area contributed by atoms with E-state index in [2.05, 4.69) is 90.2 Å². The highest BCUT2D eigenvalue weighted by molar-refractivity contribution is 6.06. The van der Waals surface area contributed by atoms with Gasteiger partial charge in [0.05, 0.1) is 12.7 Å². The molecule has 2 atom stereocenters. The average Bonchev–Trinajstić information content (AvgIpc) is 3.27. The van der Waals surface area contributed by atoms with Gasteiger partial charge in [-0.3, -0.25) is 0 Å². The van der Waals surface area contributed by atoms with E-state index in [-0.39, 0.29) is 18.5 Å². The minimum Gasteiger partial charge on any atom is -0.456 e. The third kappa shape index (κ3) is 4.35. The Labute approximate surface area is 206 Å². The van der Waals surface area contributed by atoms with Gasteiger partial charge in [-0.2, -0.15) is 0 Å². The number of fused-ring (bicyclic) bond motifs is 3. The molecule has 5 aromatic rings. The molecule has 34 heavy (non-hydrogen) atoms. The Kier molecular flexibility index (Phi) is 6.68. The summed E-state index contributed by atoms with van der Waals surface area (Å²) in [6.07, 6.45) is 1.17. The molecular formula is C30H28ClNO2. The Morgan fingerprint density at radius 2 is 1.50 bits per heavy atom. The second-order valence-electron chi connectivity index (χ2n) is 8.83. The molecule has 0 amide bonds. The lowest BCUT2D eigenvalue weighted by Gasteiger charge is -2.33. The fraction of sp³-hybridized carbons (Fsp3) is 0.200.